The number of amides is 4. The Morgan fingerprint density at radius 2 is 1.90 bits per heavy atom. The third-order valence-electron chi connectivity index (χ3n) is 4.65. The molecule has 2 aromatic rings. The number of nitrogens with one attached hydrogen (secondary N) is 2. The number of hydrogen-bond acceptors (Lipinski definition) is 4. The highest BCUT2D eigenvalue weighted by Gasteiger charge is 2.48. The number of nitrogens with zero attached hydrogens (tertiary/aromatic N) is 1. The number of carbonyl (C=O) groups is 3. The minimum Gasteiger partial charge on any atom is -0.455 e. The molecule has 1 unspecified atom stereocenters. The second-order valence-electron chi connectivity index (χ2n) is 7.86. The van der Waals surface area contributed by atoms with Crippen molar-refractivity contribution in [2.45, 2.75) is 32.7 Å². The third kappa shape index (κ3) is 4.91. The fraction of sp³-hybridized carbons (Fsp3) is 0.318. The van der Waals surface area contributed by atoms with Gasteiger partial charge in [0.1, 0.15) is 17.8 Å². The average Bonchev–Trinajstić information content (AvgIpc) is 2.87. The Hall–Kier alpha value is -3.06. The normalized spacial score (nSPS) is 18.5. The Morgan fingerprint density at radius 1 is 1.20 bits per heavy atom. The number of para-hydroxylation sites is 1. The van der Waals surface area contributed by atoms with Crippen LogP contribution in [0.15, 0.2) is 48.5 Å². The number of ether oxygens (including phenoxy) is 1. The molecule has 3 rings (SSSR count). The molecule has 0 bridgehead atoms. The molecule has 0 aromatic heterocycles. The summed E-state index contributed by atoms with van der Waals surface area (Å²) < 4.78 is 5.82. The van der Waals surface area contributed by atoms with Gasteiger partial charge in [0, 0.05) is 5.02 Å². The van der Waals surface area contributed by atoms with Gasteiger partial charge in [-0.05, 0) is 49.6 Å². The van der Waals surface area contributed by atoms with Gasteiger partial charge in [-0.3, -0.25) is 14.5 Å². The van der Waals surface area contributed by atoms with Crippen molar-refractivity contribution >= 4 is 35.1 Å². The van der Waals surface area contributed by atoms with E-state index in [0.717, 1.165) is 4.90 Å². The summed E-state index contributed by atoms with van der Waals surface area (Å²) in [7, 11) is 0. The van der Waals surface area contributed by atoms with Crippen LogP contribution in [0.25, 0.3) is 0 Å². The first-order chi connectivity index (χ1) is 14.2. The van der Waals surface area contributed by atoms with Crippen molar-refractivity contribution in [1.29, 1.82) is 0 Å². The highest BCUT2D eigenvalue weighted by atomic mass is 35.5. The smallest absolute Gasteiger partial charge is 0.325 e. The molecule has 0 radical (unpaired) electrons. The minimum atomic E-state index is -1.01. The van der Waals surface area contributed by atoms with E-state index in [1.807, 2.05) is 32.0 Å². The van der Waals surface area contributed by atoms with Crippen LogP contribution in [0.1, 0.15) is 27.2 Å². The second-order valence-corrected chi connectivity index (χ2v) is 8.29. The molecule has 0 aliphatic carbocycles. The quantitative estimate of drug-likeness (QED) is 0.637. The van der Waals surface area contributed by atoms with Gasteiger partial charge in [0.15, 0.2) is 5.75 Å². The molecule has 0 saturated carbocycles. The van der Waals surface area contributed by atoms with Crippen molar-refractivity contribution < 1.29 is 19.1 Å². The van der Waals surface area contributed by atoms with Crippen molar-refractivity contribution in [3.05, 3.63) is 53.6 Å². The van der Waals surface area contributed by atoms with Gasteiger partial charge < -0.3 is 15.4 Å². The van der Waals surface area contributed by atoms with E-state index in [1.165, 1.54) is 0 Å². The molecular weight excluding hydrogens is 406 g/mol. The number of urea groups is 1. The van der Waals surface area contributed by atoms with Gasteiger partial charge in [-0.25, -0.2) is 4.79 Å². The molecule has 1 saturated heterocycles. The van der Waals surface area contributed by atoms with Crippen molar-refractivity contribution in [2.24, 2.45) is 5.92 Å². The van der Waals surface area contributed by atoms with Crippen LogP contribution in [0.5, 0.6) is 11.5 Å². The zero-order chi connectivity index (χ0) is 21.9. The molecule has 0 spiro atoms. The third-order valence-corrected chi connectivity index (χ3v) is 4.89. The SMILES string of the molecule is CC(C)CC1(C)NC(=O)N(CC(=O)Nc2cc(Cl)ccc2Oc2ccccc2)C1=O. The van der Waals surface area contributed by atoms with E-state index in [2.05, 4.69) is 10.6 Å². The zero-order valence-corrected chi connectivity index (χ0v) is 17.8. The Labute approximate surface area is 180 Å². The molecule has 2 aromatic carbocycles. The first-order valence-electron chi connectivity index (χ1n) is 9.64. The second kappa shape index (κ2) is 8.75. The number of benzene rings is 2. The number of imide groups is 1. The van der Waals surface area contributed by atoms with Crippen molar-refractivity contribution in [2.75, 3.05) is 11.9 Å². The molecular formula is C22H24ClN3O4. The van der Waals surface area contributed by atoms with Crippen LogP contribution in [-0.2, 0) is 9.59 Å². The summed E-state index contributed by atoms with van der Waals surface area (Å²) >= 11 is 6.07. The number of hydrogen-bond donors (Lipinski definition) is 2. The first kappa shape index (κ1) is 21.6. The molecule has 2 N–H and O–H groups in total. The van der Waals surface area contributed by atoms with Gasteiger partial charge in [-0.2, -0.15) is 0 Å². The van der Waals surface area contributed by atoms with Gasteiger partial charge >= 0.3 is 6.03 Å². The van der Waals surface area contributed by atoms with Crippen LogP contribution >= 0.6 is 11.6 Å². The van der Waals surface area contributed by atoms with E-state index in [1.54, 1.807) is 37.3 Å². The lowest BCUT2D eigenvalue weighted by Crippen LogP contribution is -2.45. The monoisotopic (exact) mass is 429 g/mol. The van der Waals surface area contributed by atoms with Gasteiger partial charge in [0.25, 0.3) is 5.91 Å². The maximum atomic E-state index is 12.7. The fourth-order valence-electron chi connectivity index (χ4n) is 3.48. The Kier molecular flexibility index (Phi) is 6.31. The molecule has 7 nitrogen and oxygen atoms in total. The lowest BCUT2D eigenvalue weighted by atomic mass is 9.91. The summed E-state index contributed by atoms with van der Waals surface area (Å²) in [6, 6.07) is 13.3. The van der Waals surface area contributed by atoms with Crippen molar-refractivity contribution in [3.8, 4) is 11.5 Å². The summed E-state index contributed by atoms with van der Waals surface area (Å²) in [4.78, 5) is 38.6. The summed E-state index contributed by atoms with van der Waals surface area (Å²) in [5.41, 5.74) is -0.670. The predicted molar refractivity (Wildman–Crippen MR) is 115 cm³/mol. The molecule has 30 heavy (non-hydrogen) atoms. The van der Waals surface area contributed by atoms with E-state index >= 15 is 0 Å². The maximum absolute atomic E-state index is 12.7. The summed E-state index contributed by atoms with van der Waals surface area (Å²) in [6.45, 7) is 5.20. The summed E-state index contributed by atoms with van der Waals surface area (Å²) in [5, 5.41) is 5.79. The van der Waals surface area contributed by atoms with E-state index in [4.69, 9.17) is 16.3 Å². The largest absolute Gasteiger partial charge is 0.455 e. The molecule has 158 valence electrons. The molecule has 4 amide bonds. The molecule has 1 aliphatic rings. The lowest BCUT2D eigenvalue weighted by molar-refractivity contribution is -0.133. The summed E-state index contributed by atoms with van der Waals surface area (Å²) in [6.07, 6.45) is 0.485. The Balaban J connectivity index is 1.73. The molecule has 1 heterocycles. The Morgan fingerprint density at radius 3 is 2.57 bits per heavy atom. The van der Waals surface area contributed by atoms with E-state index in [0.29, 0.717) is 28.6 Å². The lowest BCUT2D eigenvalue weighted by Gasteiger charge is -2.23. The van der Waals surface area contributed by atoms with Crippen LogP contribution in [0.4, 0.5) is 10.5 Å². The van der Waals surface area contributed by atoms with Gasteiger partial charge in [0.05, 0.1) is 5.69 Å². The highest BCUT2D eigenvalue weighted by Crippen LogP contribution is 2.32. The van der Waals surface area contributed by atoms with Crippen LogP contribution in [-0.4, -0.2) is 34.8 Å². The van der Waals surface area contributed by atoms with Crippen molar-refractivity contribution in [1.82, 2.24) is 10.2 Å². The summed E-state index contributed by atoms with van der Waals surface area (Å²) in [5.74, 6) is 0.238. The van der Waals surface area contributed by atoms with Gasteiger partial charge in [-0.1, -0.05) is 43.6 Å². The number of rotatable bonds is 7. The standard InChI is InChI=1S/C22H24ClN3O4/c1-14(2)12-22(3)20(28)26(21(29)25-22)13-19(27)24-17-11-15(23)9-10-18(17)30-16-7-5-4-6-8-16/h4-11,14H,12-13H2,1-3H3,(H,24,27)(H,25,29). The van der Waals surface area contributed by atoms with E-state index in [9.17, 15) is 14.4 Å². The Bertz CT molecular complexity index is 964. The average molecular weight is 430 g/mol. The van der Waals surface area contributed by atoms with E-state index in [-0.39, 0.29) is 5.92 Å². The number of halogens is 1. The maximum Gasteiger partial charge on any atom is 0.325 e. The number of carbonyl (C=O) groups excluding carboxylic acids is 3. The van der Waals surface area contributed by atoms with Crippen LogP contribution in [0.3, 0.4) is 0 Å². The highest BCUT2D eigenvalue weighted by molar-refractivity contribution is 6.31. The molecule has 1 fully saturated rings. The van der Waals surface area contributed by atoms with Gasteiger partial charge in [0.2, 0.25) is 5.91 Å². The van der Waals surface area contributed by atoms with Crippen molar-refractivity contribution in [3.63, 3.8) is 0 Å². The molecule has 1 aliphatic heterocycles. The van der Waals surface area contributed by atoms with E-state index < -0.39 is 29.9 Å². The zero-order valence-electron chi connectivity index (χ0n) is 17.1. The van der Waals surface area contributed by atoms with Crippen LogP contribution < -0.4 is 15.4 Å². The predicted octanol–water partition coefficient (Wildman–Crippen LogP) is 4.43. The minimum absolute atomic E-state index is 0.206. The van der Waals surface area contributed by atoms with Gasteiger partial charge in [-0.15, -0.1) is 0 Å². The topological polar surface area (TPSA) is 87.7 Å². The first-order valence-corrected chi connectivity index (χ1v) is 10.0. The molecule has 1 atom stereocenters. The fourth-order valence-corrected chi connectivity index (χ4v) is 3.66. The molecule has 8 heteroatoms. The number of anilines is 1. The van der Waals surface area contributed by atoms with Crippen LogP contribution in [0.2, 0.25) is 5.02 Å². The van der Waals surface area contributed by atoms with Crippen LogP contribution in [0, 0.1) is 5.92 Å².